The van der Waals surface area contributed by atoms with Crippen LogP contribution in [0.4, 0.5) is 5.69 Å². The lowest BCUT2D eigenvalue weighted by molar-refractivity contribution is -0.153. The fraction of sp³-hybridized carbons (Fsp3) is 0.391. The molecular formula is C23H27ClN2O4. The van der Waals surface area contributed by atoms with Crippen molar-refractivity contribution in [2.45, 2.75) is 25.5 Å². The summed E-state index contributed by atoms with van der Waals surface area (Å²) in [6.45, 7) is 2.45. The van der Waals surface area contributed by atoms with Gasteiger partial charge in [0.15, 0.2) is 0 Å². The summed E-state index contributed by atoms with van der Waals surface area (Å²) >= 11 is 6.11. The summed E-state index contributed by atoms with van der Waals surface area (Å²) in [7, 11) is 1.35. The topological polar surface area (TPSA) is 59.1 Å². The number of ether oxygens (including phenoxy) is 2. The molecule has 0 radical (unpaired) electrons. The molecule has 0 saturated carbocycles. The van der Waals surface area contributed by atoms with E-state index in [4.69, 9.17) is 21.1 Å². The van der Waals surface area contributed by atoms with Crippen molar-refractivity contribution in [3.8, 4) is 0 Å². The van der Waals surface area contributed by atoms with Crippen LogP contribution in [0.3, 0.4) is 0 Å². The Morgan fingerprint density at radius 1 is 1.10 bits per heavy atom. The number of carbonyl (C=O) groups excluding carboxylic acids is 2. The van der Waals surface area contributed by atoms with E-state index in [2.05, 4.69) is 4.90 Å². The molecule has 1 unspecified atom stereocenters. The van der Waals surface area contributed by atoms with Crippen molar-refractivity contribution in [1.29, 1.82) is 0 Å². The lowest BCUT2D eigenvalue weighted by atomic mass is 10.1. The van der Waals surface area contributed by atoms with Gasteiger partial charge in [-0.2, -0.15) is 0 Å². The molecule has 1 amide bonds. The molecule has 30 heavy (non-hydrogen) atoms. The van der Waals surface area contributed by atoms with Gasteiger partial charge < -0.3 is 19.3 Å². The van der Waals surface area contributed by atoms with Crippen molar-refractivity contribution in [3.63, 3.8) is 0 Å². The van der Waals surface area contributed by atoms with E-state index in [0.717, 1.165) is 11.3 Å². The summed E-state index contributed by atoms with van der Waals surface area (Å²) in [6, 6.07) is 16.8. The van der Waals surface area contributed by atoms with E-state index in [1.807, 2.05) is 54.6 Å². The monoisotopic (exact) mass is 430 g/mol. The highest BCUT2D eigenvalue weighted by atomic mass is 35.5. The number of hydrogen-bond donors (Lipinski definition) is 0. The fourth-order valence-electron chi connectivity index (χ4n) is 3.60. The van der Waals surface area contributed by atoms with Gasteiger partial charge in [-0.05, 0) is 23.8 Å². The van der Waals surface area contributed by atoms with E-state index < -0.39 is 12.0 Å². The number of esters is 1. The summed E-state index contributed by atoms with van der Waals surface area (Å²) in [5.41, 5.74) is 2.04. The summed E-state index contributed by atoms with van der Waals surface area (Å²) < 4.78 is 10.7. The van der Waals surface area contributed by atoms with Gasteiger partial charge in [0, 0.05) is 49.8 Å². The quantitative estimate of drug-likeness (QED) is 0.473. The molecular weight excluding hydrogens is 404 g/mol. The molecule has 1 saturated heterocycles. The molecule has 0 spiro atoms. The second-order valence-corrected chi connectivity index (χ2v) is 7.61. The lowest BCUT2D eigenvalue weighted by Gasteiger charge is -2.29. The maximum Gasteiger partial charge on any atom is 0.328 e. The SMILES string of the molecule is COC(=O)C(CCOCc1ccccc1)N1CCN(c2cccc(Cl)c2)CCC1=O. The van der Waals surface area contributed by atoms with Crippen LogP contribution >= 0.6 is 11.6 Å². The van der Waals surface area contributed by atoms with Gasteiger partial charge in [-0.3, -0.25) is 4.79 Å². The van der Waals surface area contributed by atoms with Crippen molar-refractivity contribution in [3.05, 3.63) is 65.2 Å². The van der Waals surface area contributed by atoms with Gasteiger partial charge in [0.05, 0.1) is 13.7 Å². The first-order chi connectivity index (χ1) is 14.6. The Kier molecular flexibility index (Phi) is 8.11. The molecule has 0 bridgehead atoms. The van der Waals surface area contributed by atoms with Crippen LogP contribution in [0.15, 0.2) is 54.6 Å². The smallest absolute Gasteiger partial charge is 0.328 e. The van der Waals surface area contributed by atoms with E-state index in [1.54, 1.807) is 4.90 Å². The van der Waals surface area contributed by atoms with Crippen molar-refractivity contribution in [2.24, 2.45) is 0 Å². The first-order valence-corrected chi connectivity index (χ1v) is 10.5. The highest BCUT2D eigenvalue weighted by Gasteiger charge is 2.32. The molecule has 2 aromatic carbocycles. The number of benzene rings is 2. The van der Waals surface area contributed by atoms with Gasteiger partial charge in [-0.15, -0.1) is 0 Å². The lowest BCUT2D eigenvalue weighted by Crippen LogP contribution is -2.47. The van der Waals surface area contributed by atoms with Gasteiger partial charge in [-0.1, -0.05) is 48.0 Å². The second kappa shape index (κ2) is 11.0. The van der Waals surface area contributed by atoms with Crippen molar-refractivity contribution in [2.75, 3.05) is 38.3 Å². The number of rotatable bonds is 8. The number of methoxy groups -OCH3 is 1. The summed E-state index contributed by atoms with van der Waals surface area (Å²) in [5.74, 6) is -0.471. The van der Waals surface area contributed by atoms with Crippen LogP contribution < -0.4 is 4.90 Å². The zero-order valence-electron chi connectivity index (χ0n) is 17.1. The molecule has 2 aromatic rings. The highest BCUT2D eigenvalue weighted by Crippen LogP contribution is 2.22. The number of amides is 1. The van der Waals surface area contributed by atoms with E-state index in [9.17, 15) is 9.59 Å². The Hall–Kier alpha value is -2.57. The first-order valence-electron chi connectivity index (χ1n) is 10.1. The molecule has 0 aliphatic carbocycles. The molecule has 1 aliphatic rings. The number of nitrogens with zero attached hydrogens (tertiary/aromatic N) is 2. The minimum absolute atomic E-state index is 0.0574. The van der Waals surface area contributed by atoms with Crippen molar-refractivity contribution >= 4 is 29.2 Å². The normalized spacial score (nSPS) is 15.6. The molecule has 1 atom stereocenters. The van der Waals surface area contributed by atoms with E-state index in [-0.39, 0.29) is 5.91 Å². The highest BCUT2D eigenvalue weighted by molar-refractivity contribution is 6.30. The third kappa shape index (κ3) is 5.97. The predicted molar refractivity (Wildman–Crippen MR) is 117 cm³/mol. The zero-order valence-corrected chi connectivity index (χ0v) is 17.9. The Bertz CT molecular complexity index is 846. The Morgan fingerprint density at radius 2 is 1.90 bits per heavy atom. The number of carbonyl (C=O) groups is 2. The third-order valence-electron chi connectivity index (χ3n) is 5.20. The maximum absolute atomic E-state index is 12.8. The largest absolute Gasteiger partial charge is 0.467 e. The Morgan fingerprint density at radius 3 is 2.63 bits per heavy atom. The Balaban J connectivity index is 1.61. The van der Waals surface area contributed by atoms with E-state index >= 15 is 0 Å². The average Bonchev–Trinajstić information content (AvgIpc) is 2.96. The molecule has 0 aromatic heterocycles. The minimum atomic E-state index is -0.655. The summed E-state index contributed by atoms with van der Waals surface area (Å²) in [6.07, 6.45) is 0.716. The summed E-state index contributed by atoms with van der Waals surface area (Å²) in [4.78, 5) is 29.0. The molecule has 3 rings (SSSR count). The van der Waals surface area contributed by atoms with Gasteiger partial charge in [-0.25, -0.2) is 4.79 Å². The molecule has 1 aliphatic heterocycles. The molecule has 160 valence electrons. The number of hydrogen-bond acceptors (Lipinski definition) is 5. The van der Waals surface area contributed by atoms with Gasteiger partial charge in [0.1, 0.15) is 6.04 Å². The molecule has 0 N–H and O–H groups in total. The van der Waals surface area contributed by atoms with Gasteiger partial charge in [0.2, 0.25) is 5.91 Å². The van der Waals surface area contributed by atoms with Crippen LogP contribution in [-0.4, -0.2) is 56.2 Å². The standard InChI is InChI=1S/C23H27ClN2O4/c1-29-23(28)21(11-15-30-17-18-6-3-2-4-7-18)26-14-13-25(12-10-22(26)27)20-9-5-8-19(24)16-20/h2-9,16,21H,10-15,17H2,1H3. The van der Waals surface area contributed by atoms with Crippen LogP contribution in [0.25, 0.3) is 0 Å². The molecule has 7 heteroatoms. The maximum atomic E-state index is 12.8. The third-order valence-corrected chi connectivity index (χ3v) is 5.43. The number of anilines is 1. The molecule has 6 nitrogen and oxygen atoms in total. The average molecular weight is 431 g/mol. The first kappa shape index (κ1) is 22.1. The van der Waals surface area contributed by atoms with E-state index in [0.29, 0.717) is 50.7 Å². The van der Waals surface area contributed by atoms with Crippen LogP contribution in [0.2, 0.25) is 5.02 Å². The molecule has 1 fully saturated rings. The van der Waals surface area contributed by atoms with Crippen LogP contribution in [0.1, 0.15) is 18.4 Å². The van der Waals surface area contributed by atoms with Gasteiger partial charge >= 0.3 is 5.97 Å². The van der Waals surface area contributed by atoms with Crippen LogP contribution in [-0.2, 0) is 25.7 Å². The van der Waals surface area contributed by atoms with E-state index in [1.165, 1.54) is 7.11 Å². The zero-order chi connectivity index (χ0) is 21.3. The molecule has 1 heterocycles. The Labute approximate surface area is 182 Å². The van der Waals surface area contributed by atoms with Crippen molar-refractivity contribution in [1.82, 2.24) is 4.90 Å². The van der Waals surface area contributed by atoms with Crippen molar-refractivity contribution < 1.29 is 19.1 Å². The fourth-order valence-corrected chi connectivity index (χ4v) is 3.78. The minimum Gasteiger partial charge on any atom is -0.467 e. The van der Waals surface area contributed by atoms with Crippen LogP contribution in [0.5, 0.6) is 0 Å². The van der Waals surface area contributed by atoms with Gasteiger partial charge in [0.25, 0.3) is 0 Å². The second-order valence-electron chi connectivity index (χ2n) is 7.17. The number of halogens is 1. The predicted octanol–water partition coefficient (Wildman–Crippen LogP) is 3.53. The van der Waals surface area contributed by atoms with Crippen LogP contribution in [0, 0.1) is 0 Å². The summed E-state index contributed by atoms with van der Waals surface area (Å²) in [5, 5.41) is 0.655.